The van der Waals surface area contributed by atoms with Gasteiger partial charge in [0.25, 0.3) is 0 Å². The van der Waals surface area contributed by atoms with E-state index in [9.17, 15) is 4.39 Å². The second-order valence-corrected chi connectivity index (χ2v) is 6.08. The Morgan fingerprint density at radius 1 is 1.14 bits per heavy atom. The molecular weight excluding hydrogens is 263 g/mol. The molecule has 1 aromatic rings. The second kappa shape index (κ2) is 8.38. The van der Waals surface area contributed by atoms with Crippen LogP contribution in [0.2, 0.25) is 0 Å². The van der Waals surface area contributed by atoms with Gasteiger partial charge >= 0.3 is 0 Å². The van der Waals surface area contributed by atoms with Gasteiger partial charge in [-0.3, -0.25) is 0 Å². The molecule has 2 rings (SSSR count). The van der Waals surface area contributed by atoms with Gasteiger partial charge in [0.1, 0.15) is 5.82 Å². The van der Waals surface area contributed by atoms with Gasteiger partial charge in [-0.15, -0.1) is 0 Å². The van der Waals surface area contributed by atoms with Crippen LogP contribution in [-0.2, 0) is 0 Å². The molecule has 1 fully saturated rings. The number of likely N-dealkylation sites (N-methyl/N-ethyl adjacent to an activating group) is 2. The maximum Gasteiger partial charge on any atom is 0.123 e. The third kappa shape index (κ3) is 4.70. The number of hydrogen-bond donors (Lipinski definition) is 1. The van der Waals surface area contributed by atoms with Gasteiger partial charge < -0.3 is 10.2 Å². The third-order valence-electron chi connectivity index (χ3n) is 4.68. The monoisotopic (exact) mass is 292 g/mol. The van der Waals surface area contributed by atoms with Crippen molar-refractivity contribution in [2.75, 3.05) is 24.5 Å². The third-order valence-corrected chi connectivity index (χ3v) is 4.68. The topological polar surface area (TPSA) is 15.3 Å². The predicted octanol–water partition coefficient (Wildman–Crippen LogP) is 4.21. The fraction of sp³-hybridized carbons (Fsp3) is 0.667. The molecule has 0 bridgehead atoms. The summed E-state index contributed by atoms with van der Waals surface area (Å²) in [6.45, 7) is 7.35. The van der Waals surface area contributed by atoms with E-state index in [1.807, 2.05) is 12.1 Å². The molecule has 1 unspecified atom stereocenters. The Hall–Kier alpha value is -1.09. The zero-order valence-electron chi connectivity index (χ0n) is 13.4. The average Bonchev–Trinajstić information content (AvgIpc) is 2.53. The fourth-order valence-corrected chi connectivity index (χ4v) is 3.49. The Balaban J connectivity index is 2.03. The minimum atomic E-state index is -0.162. The van der Waals surface area contributed by atoms with Crippen molar-refractivity contribution in [3.63, 3.8) is 0 Å². The van der Waals surface area contributed by atoms with Crippen LogP contribution in [0, 0.1) is 11.7 Å². The van der Waals surface area contributed by atoms with E-state index in [1.54, 1.807) is 12.1 Å². The van der Waals surface area contributed by atoms with Crippen molar-refractivity contribution in [2.45, 2.75) is 52.0 Å². The minimum absolute atomic E-state index is 0.162. The molecule has 1 N–H and O–H groups in total. The first kappa shape index (κ1) is 16.3. The van der Waals surface area contributed by atoms with E-state index in [2.05, 4.69) is 24.1 Å². The normalized spacial score (nSPS) is 17.7. The summed E-state index contributed by atoms with van der Waals surface area (Å²) in [4.78, 5) is 2.36. The molecule has 1 aliphatic carbocycles. The molecule has 3 heteroatoms. The van der Waals surface area contributed by atoms with Gasteiger partial charge in [0.2, 0.25) is 0 Å². The number of nitrogens with zero attached hydrogens (tertiary/aromatic N) is 1. The molecule has 0 spiro atoms. The van der Waals surface area contributed by atoms with Gasteiger partial charge in [-0.2, -0.15) is 0 Å². The summed E-state index contributed by atoms with van der Waals surface area (Å²) in [6, 6.07) is 7.44. The SMILES string of the molecule is CCNC(CN(CC)c1ccc(F)cc1)C1CCCCC1. The van der Waals surface area contributed by atoms with Crippen LogP contribution in [0.25, 0.3) is 0 Å². The van der Waals surface area contributed by atoms with Crippen LogP contribution in [0.4, 0.5) is 10.1 Å². The minimum Gasteiger partial charge on any atom is -0.370 e. The maximum absolute atomic E-state index is 13.1. The molecule has 1 saturated carbocycles. The van der Waals surface area contributed by atoms with Crippen molar-refractivity contribution >= 4 is 5.69 Å². The van der Waals surface area contributed by atoms with Crippen LogP contribution in [0.1, 0.15) is 46.0 Å². The average molecular weight is 292 g/mol. The Bertz CT molecular complexity index is 398. The summed E-state index contributed by atoms with van der Waals surface area (Å²) in [5.74, 6) is 0.624. The molecule has 0 amide bonds. The molecular formula is C18H29FN2. The van der Waals surface area contributed by atoms with Gasteiger partial charge in [0.05, 0.1) is 0 Å². The highest BCUT2D eigenvalue weighted by atomic mass is 19.1. The number of anilines is 1. The van der Waals surface area contributed by atoms with Crippen LogP contribution < -0.4 is 10.2 Å². The van der Waals surface area contributed by atoms with Crippen molar-refractivity contribution in [1.82, 2.24) is 5.32 Å². The highest BCUT2D eigenvalue weighted by Crippen LogP contribution is 2.27. The molecule has 2 nitrogen and oxygen atoms in total. The van der Waals surface area contributed by atoms with Crippen LogP contribution in [-0.4, -0.2) is 25.7 Å². The molecule has 0 aliphatic heterocycles. The number of rotatable bonds is 7. The summed E-state index contributed by atoms with van der Waals surface area (Å²) < 4.78 is 13.1. The van der Waals surface area contributed by atoms with Gasteiger partial charge in [0, 0.05) is 24.8 Å². The summed E-state index contributed by atoms with van der Waals surface area (Å²) >= 11 is 0. The van der Waals surface area contributed by atoms with Crippen LogP contribution in [0.3, 0.4) is 0 Å². The Kier molecular flexibility index (Phi) is 6.50. The molecule has 118 valence electrons. The van der Waals surface area contributed by atoms with E-state index >= 15 is 0 Å². The van der Waals surface area contributed by atoms with Crippen molar-refractivity contribution in [3.05, 3.63) is 30.1 Å². The summed E-state index contributed by atoms with van der Waals surface area (Å²) in [6.07, 6.45) is 6.83. The Morgan fingerprint density at radius 3 is 2.38 bits per heavy atom. The van der Waals surface area contributed by atoms with Crippen LogP contribution in [0.15, 0.2) is 24.3 Å². The van der Waals surface area contributed by atoms with Crippen LogP contribution >= 0.6 is 0 Å². The number of benzene rings is 1. The van der Waals surface area contributed by atoms with E-state index in [0.717, 1.165) is 31.2 Å². The lowest BCUT2D eigenvalue weighted by Crippen LogP contribution is -2.46. The molecule has 0 radical (unpaired) electrons. The molecule has 0 heterocycles. The zero-order chi connectivity index (χ0) is 15.1. The summed E-state index contributed by atoms with van der Waals surface area (Å²) in [5, 5.41) is 3.68. The molecule has 0 saturated heterocycles. The van der Waals surface area contributed by atoms with E-state index in [4.69, 9.17) is 0 Å². The molecule has 21 heavy (non-hydrogen) atoms. The smallest absolute Gasteiger partial charge is 0.123 e. The first-order valence-corrected chi connectivity index (χ1v) is 8.48. The summed E-state index contributed by atoms with van der Waals surface area (Å²) in [7, 11) is 0. The molecule has 1 aromatic carbocycles. The number of nitrogens with one attached hydrogen (secondary N) is 1. The predicted molar refractivity (Wildman–Crippen MR) is 88.3 cm³/mol. The highest BCUT2D eigenvalue weighted by molar-refractivity contribution is 5.46. The number of hydrogen-bond acceptors (Lipinski definition) is 2. The van der Waals surface area contributed by atoms with E-state index < -0.39 is 0 Å². The molecule has 1 aliphatic rings. The van der Waals surface area contributed by atoms with E-state index in [1.165, 1.54) is 32.1 Å². The largest absolute Gasteiger partial charge is 0.370 e. The van der Waals surface area contributed by atoms with Crippen molar-refractivity contribution < 1.29 is 4.39 Å². The second-order valence-electron chi connectivity index (χ2n) is 6.08. The first-order valence-electron chi connectivity index (χ1n) is 8.48. The van der Waals surface area contributed by atoms with Crippen molar-refractivity contribution in [2.24, 2.45) is 5.92 Å². The Labute approximate surface area is 128 Å². The first-order chi connectivity index (χ1) is 10.2. The molecule has 0 aromatic heterocycles. The number of halogens is 1. The fourth-order valence-electron chi connectivity index (χ4n) is 3.49. The quantitative estimate of drug-likeness (QED) is 0.810. The van der Waals surface area contributed by atoms with Crippen molar-refractivity contribution in [1.29, 1.82) is 0 Å². The lowest BCUT2D eigenvalue weighted by atomic mass is 9.83. The van der Waals surface area contributed by atoms with Gasteiger partial charge in [-0.05, 0) is 56.5 Å². The standard InChI is InChI=1S/C18H29FN2/c1-3-20-18(15-8-6-5-7-9-15)14-21(4-2)17-12-10-16(19)11-13-17/h10-13,15,18,20H,3-9,14H2,1-2H3. The lowest BCUT2D eigenvalue weighted by molar-refractivity contribution is 0.272. The van der Waals surface area contributed by atoms with Gasteiger partial charge in [-0.25, -0.2) is 4.39 Å². The van der Waals surface area contributed by atoms with Gasteiger partial charge in [0.15, 0.2) is 0 Å². The zero-order valence-corrected chi connectivity index (χ0v) is 13.4. The van der Waals surface area contributed by atoms with E-state index in [0.29, 0.717) is 6.04 Å². The summed E-state index contributed by atoms with van der Waals surface area (Å²) in [5.41, 5.74) is 1.12. The van der Waals surface area contributed by atoms with Crippen LogP contribution in [0.5, 0.6) is 0 Å². The lowest BCUT2D eigenvalue weighted by Gasteiger charge is -2.35. The van der Waals surface area contributed by atoms with Crippen molar-refractivity contribution in [3.8, 4) is 0 Å². The molecule has 1 atom stereocenters. The van der Waals surface area contributed by atoms with E-state index in [-0.39, 0.29) is 5.82 Å². The van der Waals surface area contributed by atoms with Gasteiger partial charge in [-0.1, -0.05) is 26.2 Å². The highest BCUT2D eigenvalue weighted by Gasteiger charge is 2.24. The Morgan fingerprint density at radius 2 is 1.81 bits per heavy atom. The maximum atomic E-state index is 13.1.